The normalized spacial score (nSPS) is 10.9. The molecule has 1 heterocycles. The molecule has 0 aliphatic rings. The van der Waals surface area contributed by atoms with Gasteiger partial charge >= 0.3 is 0 Å². The number of methoxy groups -OCH3 is 1. The number of aromatic nitrogens is 2. The van der Waals surface area contributed by atoms with E-state index in [0.29, 0.717) is 0 Å². The third kappa shape index (κ3) is 4.16. The molecule has 5 heteroatoms. The van der Waals surface area contributed by atoms with Gasteiger partial charge in [0.1, 0.15) is 0 Å². The maximum absolute atomic E-state index is 5.02. The smallest absolute Gasteiger partial charge is 0.0662 e. The van der Waals surface area contributed by atoms with Crippen LogP contribution in [0.1, 0.15) is 16.8 Å². The van der Waals surface area contributed by atoms with Crippen molar-refractivity contribution in [1.29, 1.82) is 0 Å². The molecular formula is C15H20BrN3O. The Kier molecular flexibility index (Phi) is 5.76. The number of hydrogen-bond acceptors (Lipinski definition) is 3. The minimum absolute atomic E-state index is 0.728. The molecule has 0 spiro atoms. The van der Waals surface area contributed by atoms with E-state index in [1.807, 2.05) is 10.9 Å². The zero-order valence-corrected chi connectivity index (χ0v) is 13.5. The third-order valence-electron chi connectivity index (χ3n) is 3.25. The molecule has 0 aliphatic carbocycles. The molecule has 2 aromatic rings. The van der Waals surface area contributed by atoms with Gasteiger partial charge in [-0.1, -0.05) is 28.1 Å². The molecule has 0 fully saturated rings. The lowest BCUT2D eigenvalue weighted by molar-refractivity contribution is 0.199. The van der Waals surface area contributed by atoms with Gasteiger partial charge in [0.05, 0.1) is 19.3 Å². The van der Waals surface area contributed by atoms with Crippen LogP contribution >= 0.6 is 15.9 Å². The summed E-state index contributed by atoms with van der Waals surface area (Å²) < 4.78 is 8.15. The van der Waals surface area contributed by atoms with Crippen LogP contribution in [0.25, 0.3) is 0 Å². The number of halogens is 1. The van der Waals surface area contributed by atoms with E-state index in [-0.39, 0.29) is 0 Å². The predicted octanol–water partition coefficient (Wildman–Crippen LogP) is 2.74. The standard InChI is InChI=1S/C15H20BrN3O/c1-12-14(9-17-7-8-20-2)10-18-19(12)11-13-3-5-15(16)6-4-13/h3-6,10,17H,7-9,11H2,1-2H3. The van der Waals surface area contributed by atoms with E-state index < -0.39 is 0 Å². The van der Waals surface area contributed by atoms with E-state index in [1.54, 1.807) is 7.11 Å². The maximum atomic E-state index is 5.02. The van der Waals surface area contributed by atoms with Crippen molar-refractivity contribution in [2.75, 3.05) is 20.3 Å². The Hall–Kier alpha value is -1.17. The topological polar surface area (TPSA) is 39.1 Å². The zero-order chi connectivity index (χ0) is 14.4. The second-order valence-corrected chi connectivity index (χ2v) is 5.62. The van der Waals surface area contributed by atoms with Crippen molar-refractivity contribution in [3.8, 4) is 0 Å². The highest BCUT2D eigenvalue weighted by atomic mass is 79.9. The fourth-order valence-electron chi connectivity index (χ4n) is 1.98. The van der Waals surface area contributed by atoms with Gasteiger partial charge in [-0.05, 0) is 24.6 Å². The molecule has 2 rings (SSSR count). The minimum Gasteiger partial charge on any atom is -0.383 e. The molecule has 0 saturated carbocycles. The van der Waals surface area contributed by atoms with Gasteiger partial charge in [-0.15, -0.1) is 0 Å². The summed E-state index contributed by atoms with van der Waals surface area (Å²) in [4.78, 5) is 0. The van der Waals surface area contributed by atoms with E-state index in [2.05, 4.69) is 57.5 Å². The van der Waals surface area contributed by atoms with Crippen LogP contribution in [-0.2, 0) is 17.8 Å². The molecular weight excluding hydrogens is 318 g/mol. The van der Waals surface area contributed by atoms with Crippen molar-refractivity contribution in [2.45, 2.75) is 20.0 Å². The van der Waals surface area contributed by atoms with Gasteiger partial charge in [-0.25, -0.2) is 0 Å². The summed E-state index contributed by atoms with van der Waals surface area (Å²) in [7, 11) is 1.71. The van der Waals surface area contributed by atoms with Crippen LogP contribution in [0.4, 0.5) is 0 Å². The molecule has 0 amide bonds. The number of ether oxygens (including phenoxy) is 1. The lowest BCUT2D eigenvalue weighted by Gasteiger charge is -2.07. The average molecular weight is 338 g/mol. The average Bonchev–Trinajstić information content (AvgIpc) is 2.79. The zero-order valence-electron chi connectivity index (χ0n) is 11.9. The number of hydrogen-bond donors (Lipinski definition) is 1. The largest absolute Gasteiger partial charge is 0.383 e. The number of rotatable bonds is 7. The van der Waals surface area contributed by atoms with Crippen LogP contribution in [0, 0.1) is 6.92 Å². The predicted molar refractivity (Wildman–Crippen MR) is 83.8 cm³/mol. The second-order valence-electron chi connectivity index (χ2n) is 4.71. The van der Waals surface area contributed by atoms with Crippen LogP contribution in [0.3, 0.4) is 0 Å². The SMILES string of the molecule is COCCNCc1cnn(Cc2ccc(Br)cc2)c1C. The second kappa shape index (κ2) is 7.57. The Labute approximate surface area is 128 Å². The van der Waals surface area contributed by atoms with Crippen molar-refractivity contribution < 1.29 is 4.74 Å². The van der Waals surface area contributed by atoms with Crippen LogP contribution < -0.4 is 5.32 Å². The van der Waals surface area contributed by atoms with Gasteiger partial charge in [0.25, 0.3) is 0 Å². The quantitative estimate of drug-likeness (QED) is 0.789. The minimum atomic E-state index is 0.728. The van der Waals surface area contributed by atoms with Crippen molar-refractivity contribution >= 4 is 15.9 Å². The van der Waals surface area contributed by atoms with Crippen LogP contribution in [0.15, 0.2) is 34.9 Å². The van der Waals surface area contributed by atoms with E-state index in [4.69, 9.17) is 4.74 Å². The van der Waals surface area contributed by atoms with E-state index in [9.17, 15) is 0 Å². The first-order valence-electron chi connectivity index (χ1n) is 6.66. The summed E-state index contributed by atoms with van der Waals surface area (Å²) >= 11 is 3.45. The van der Waals surface area contributed by atoms with E-state index in [1.165, 1.54) is 16.8 Å². The number of nitrogens with zero attached hydrogens (tertiary/aromatic N) is 2. The van der Waals surface area contributed by atoms with Gasteiger partial charge in [-0.3, -0.25) is 4.68 Å². The summed E-state index contributed by atoms with van der Waals surface area (Å²) in [5.41, 5.74) is 3.69. The molecule has 0 saturated heterocycles. The van der Waals surface area contributed by atoms with Gasteiger partial charge < -0.3 is 10.1 Å². The summed E-state index contributed by atoms with van der Waals surface area (Å²) in [6.45, 7) is 5.33. The molecule has 0 atom stereocenters. The van der Waals surface area contributed by atoms with Crippen molar-refractivity contribution in [2.24, 2.45) is 0 Å². The molecule has 4 nitrogen and oxygen atoms in total. The van der Waals surface area contributed by atoms with Gasteiger partial charge in [0, 0.05) is 35.9 Å². The van der Waals surface area contributed by atoms with E-state index in [0.717, 1.165) is 30.7 Å². The molecule has 108 valence electrons. The molecule has 0 unspecified atom stereocenters. The monoisotopic (exact) mass is 337 g/mol. The molecule has 0 radical (unpaired) electrons. The Bertz CT molecular complexity index is 537. The van der Waals surface area contributed by atoms with Gasteiger partial charge in [0.15, 0.2) is 0 Å². The molecule has 1 aromatic carbocycles. The maximum Gasteiger partial charge on any atom is 0.0662 e. The highest BCUT2D eigenvalue weighted by Gasteiger charge is 2.06. The summed E-state index contributed by atoms with van der Waals surface area (Å²) in [5, 5.41) is 7.81. The van der Waals surface area contributed by atoms with Crippen molar-refractivity contribution in [3.05, 3.63) is 51.8 Å². The highest BCUT2D eigenvalue weighted by Crippen LogP contribution is 2.13. The Morgan fingerprint density at radius 3 is 2.75 bits per heavy atom. The van der Waals surface area contributed by atoms with Crippen LogP contribution in [-0.4, -0.2) is 30.0 Å². The third-order valence-corrected chi connectivity index (χ3v) is 3.78. The summed E-state index contributed by atoms with van der Waals surface area (Å²) in [6.07, 6.45) is 1.94. The number of benzene rings is 1. The summed E-state index contributed by atoms with van der Waals surface area (Å²) in [6, 6.07) is 8.34. The first kappa shape index (κ1) is 15.2. The van der Waals surface area contributed by atoms with E-state index >= 15 is 0 Å². The highest BCUT2D eigenvalue weighted by molar-refractivity contribution is 9.10. The van der Waals surface area contributed by atoms with Crippen molar-refractivity contribution in [3.63, 3.8) is 0 Å². The first-order valence-corrected chi connectivity index (χ1v) is 7.45. The van der Waals surface area contributed by atoms with Crippen LogP contribution in [0.5, 0.6) is 0 Å². The molecule has 20 heavy (non-hydrogen) atoms. The lowest BCUT2D eigenvalue weighted by atomic mass is 10.2. The fourth-order valence-corrected chi connectivity index (χ4v) is 2.24. The van der Waals surface area contributed by atoms with Crippen molar-refractivity contribution in [1.82, 2.24) is 15.1 Å². The Morgan fingerprint density at radius 2 is 2.05 bits per heavy atom. The number of nitrogens with one attached hydrogen (secondary N) is 1. The fraction of sp³-hybridized carbons (Fsp3) is 0.400. The molecule has 1 aromatic heterocycles. The van der Waals surface area contributed by atoms with Crippen LogP contribution in [0.2, 0.25) is 0 Å². The summed E-state index contributed by atoms with van der Waals surface area (Å²) in [5.74, 6) is 0. The molecule has 1 N–H and O–H groups in total. The Balaban J connectivity index is 1.96. The van der Waals surface area contributed by atoms with Gasteiger partial charge in [-0.2, -0.15) is 5.10 Å². The lowest BCUT2D eigenvalue weighted by Crippen LogP contribution is -2.18. The molecule has 0 bridgehead atoms. The Morgan fingerprint density at radius 1 is 1.30 bits per heavy atom. The first-order chi connectivity index (χ1) is 9.70. The molecule has 0 aliphatic heterocycles. The van der Waals surface area contributed by atoms with Gasteiger partial charge in [0.2, 0.25) is 0 Å².